The summed E-state index contributed by atoms with van der Waals surface area (Å²) in [7, 11) is 0. The van der Waals surface area contributed by atoms with Crippen molar-refractivity contribution in [2.24, 2.45) is 5.73 Å². The molecule has 0 unspecified atom stereocenters. The van der Waals surface area contributed by atoms with E-state index in [0.29, 0.717) is 21.8 Å². The van der Waals surface area contributed by atoms with Crippen LogP contribution < -0.4 is 16.8 Å². The summed E-state index contributed by atoms with van der Waals surface area (Å²) in [5, 5.41) is 10.6. The molecule has 0 spiro atoms. The number of carbonyl (C=O) groups excluding carboxylic acids is 1. The van der Waals surface area contributed by atoms with Crippen LogP contribution in [-0.2, 0) is 6.54 Å². The molecule has 0 bridgehead atoms. The van der Waals surface area contributed by atoms with Crippen LogP contribution in [0.25, 0.3) is 0 Å². The maximum absolute atomic E-state index is 12.0. The Hall–Kier alpha value is -2.53. The SMILES string of the molecule is N=C(N)c1ccc(CNC(=O)c2cccc(Cl)c2)c(N)c1. The fourth-order valence-electron chi connectivity index (χ4n) is 1.83. The fraction of sp³-hybridized carbons (Fsp3) is 0.0667. The molecule has 0 aromatic heterocycles. The van der Waals surface area contributed by atoms with Gasteiger partial charge in [-0.25, -0.2) is 0 Å². The summed E-state index contributed by atoms with van der Waals surface area (Å²) in [6.07, 6.45) is 0. The van der Waals surface area contributed by atoms with Crippen molar-refractivity contribution in [2.45, 2.75) is 6.54 Å². The lowest BCUT2D eigenvalue weighted by atomic mass is 10.1. The zero-order chi connectivity index (χ0) is 15.4. The number of carbonyl (C=O) groups is 1. The molecule has 0 fully saturated rings. The van der Waals surface area contributed by atoms with Gasteiger partial charge in [-0.15, -0.1) is 0 Å². The molecule has 108 valence electrons. The summed E-state index contributed by atoms with van der Waals surface area (Å²) in [4.78, 5) is 12.0. The number of rotatable bonds is 4. The molecule has 2 aromatic carbocycles. The van der Waals surface area contributed by atoms with Gasteiger partial charge in [0.15, 0.2) is 0 Å². The van der Waals surface area contributed by atoms with Crippen LogP contribution in [-0.4, -0.2) is 11.7 Å². The first kappa shape index (κ1) is 14.9. The van der Waals surface area contributed by atoms with Gasteiger partial charge in [0.25, 0.3) is 5.91 Å². The molecule has 6 heteroatoms. The third kappa shape index (κ3) is 3.73. The zero-order valence-electron chi connectivity index (χ0n) is 11.2. The van der Waals surface area contributed by atoms with Gasteiger partial charge in [-0.3, -0.25) is 10.2 Å². The Morgan fingerprint density at radius 3 is 2.57 bits per heavy atom. The lowest BCUT2D eigenvalue weighted by Crippen LogP contribution is -2.23. The summed E-state index contributed by atoms with van der Waals surface area (Å²) in [6.45, 7) is 0.287. The van der Waals surface area contributed by atoms with Gasteiger partial charge in [-0.2, -0.15) is 0 Å². The number of nitrogens with one attached hydrogen (secondary N) is 2. The first-order valence-electron chi connectivity index (χ1n) is 6.24. The van der Waals surface area contributed by atoms with Crippen LogP contribution in [0.5, 0.6) is 0 Å². The highest BCUT2D eigenvalue weighted by atomic mass is 35.5. The van der Waals surface area contributed by atoms with Gasteiger partial charge in [0.1, 0.15) is 5.84 Å². The van der Waals surface area contributed by atoms with Gasteiger partial charge in [0.2, 0.25) is 0 Å². The van der Waals surface area contributed by atoms with Crippen LogP contribution in [0.15, 0.2) is 42.5 Å². The van der Waals surface area contributed by atoms with Gasteiger partial charge in [-0.1, -0.05) is 29.8 Å². The van der Waals surface area contributed by atoms with Crippen LogP contribution in [0.3, 0.4) is 0 Å². The normalized spacial score (nSPS) is 10.1. The van der Waals surface area contributed by atoms with E-state index in [1.807, 2.05) is 0 Å². The van der Waals surface area contributed by atoms with Crippen molar-refractivity contribution >= 4 is 29.0 Å². The quantitative estimate of drug-likeness (QED) is 0.395. The number of nitrogens with two attached hydrogens (primary N) is 2. The van der Waals surface area contributed by atoms with Crippen molar-refractivity contribution in [3.63, 3.8) is 0 Å². The maximum atomic E-state index is 12.0. The summed E-state index contributed by atoms with van der Waals surface area (Å²) in [6, 6.07) is 11.7. The number of hydrogen-bond donors (Lipinski definition) is 4. The van der Waals surface area contributed by atoms with E-state index in [4.69, 9.17) is 28.5 Å². The Labute approximate surface area is 127 Å². The third-order valence-electron chi connectivity index (χ3n) is 2.98. The predicted molar refractivity (Wildman–Crippen MR) is 84.5 cm³/mol. The molecule has 0 aliphatic heterocycles. The van der Waals surface area contributed by atoms with Gasteiger partial charge in [-0.05, 0) is 29.8 Å². The van der Waals surface area contributed by atoms with E-state index in [9.17, 15) is 4.79 Å². The van der Waals surface area contributed by atoms with E-state index in [1.165, 1.54) is 0 Å². The van der Waals surface area contributed by atoms with Crippen LogP contribution >= 0.6 is 11.6 Å². The van der Waals surface area contributed by atoms with Crippen LogP contribution in [0.4, 0.5) is 5.69 Å². The Balaban J connectivity index is 2.06. The van der Waals surface area contributed by atoms with Gasteiger partial charge >= 0.3 is 0 Å². The zero-order valence-corrected chi connectivity index (χ0v) is 11.9. The number of halogens is 1. The molecule has 2 aromatic rings. The lowest BCUT2D eigenvalue weighted by Gasteiger charge is -2.09. The van der Waals surface area contributed by atoms with E-state index in [2.05, 4.69) is 5.32 Å². The van der Waals surface area contributed by atoms with E-state index < -0.39 is 0 Å². The molecule has 21 heavy (non-hydrogen) atoms. The topological polar surface area (TPSA) is 105 Å². The minimum absolute atomic E-state index is 0.0452. The molecule has 0 aliphatic carbocycles. The molecular formula is C15H15ClN4O. The van der Waals surface area contributed by atoms with Crippen molar-refractivity contribution in [2.75, 3.05) is 5.73 Å². The predicted octanol–water partition coefficient (Wildman–Crippen LogP) is 2.14. The minimum atomic E-state index is -0.229. The molecule has 6 N–H and O–H groups in total. The van der Waals surface area contributed by atoms with E-state index >= 15 is 0 Å². The van der Waals surface area contributed by atoms with Crippen molar-refractivity contribution in [1.29, 1.82) is 5.41 Å². The highest BCUT2D eigenvalue weighted by Crippen LogP contribution is 2.15. The number of benzene rings is 2. The van der Waals surface area contributed by atoms with Crippen LogP contribution in [0.1, 0.15) is 21.5 Å². The van der Waals surface area contributed by atoms with E-state index in [0.717, 1.165) is 5.56 Å². The molecular weight excluding hydrogens is 288 g/mol. The van der Waals surface area contributed by atoms with Crippen molar-refractivity contribution in [3.8, 4) is 0 Å². The molecule has 0 heterocycles. The maximum Gasteiger partial charge on any atom is 0.251 e. The number of anilines is 1. The fourth-order valence-corrected chi connectivity index (χ4v) is 2.02. The molecule has 0 saturated carbocycles. The summed E-state index contributed by atoms with van der Waals surface area (Å²) < 4.78 is 0. The highest BCUT2D eigenvalue weighted by molar-refractivity contribution is 6.30. The minimum Gasteiger partial charge on any atom is -0.398 e. The largest absolute Gasteiger partial charge is 0.398 e. The molecule has 5 nitrogen and oxygen atoms in total. The first-order chi connectivity index (χ1) is 9.97. The monoisotopic (exact) mass is 302 g/mol. The number of nitrogen functional groups attached to an aromatic ring is 2. The van der Waals surface area contributed by atoms with Crippen molar-refractivity contribution < 1.29 is 4.79 Å². The summed E-state index contributed by atoms with van der Waals surface area (Å²) in [5.41, 5.74) is 13.6. The van der Waals surface area contributed by atoms with Crippen molar-refractivity contribution in [1.82, 2.24) is 5.32 Å². The molecule has 0 atom stereocenters. The van der Waals surface area contributed by atoms with E-state index in [1.54, 1.807) is 42.5 Å². The van der Waals surface area contributed by atoms with Crippen molar-refractivity contribution in [3.05, 3.63) is 64.2 Å². The van der Waals surface area contributed by atoms with Crippen LogP contribution in [0, 0.1) is 5.41 Å². The molecule has 1 amide bonds. The second-order valence-electron chi connectivity index (χ2n) is 4.52. The molecule has 0 saturated heterocycles. The van der Waals surface area contributed by atoms with E-state index in [-0.39, 0.29) is 18.3 Å². The second kappa shape index (κ2) is 6.28. The number of amidine groups is 1. The molecule has 2 rings (SSSR count). The van der Waals surface area contributed by atoms with Gasteiger partial charge in [0.05, 0.1) is 0 Å². The smallest absolute Gasteiger partial charge is 0.251 e. The Bertz CT molecular complexity index is 700. The van der Waals surface area contributed by atoms with Gasteiger partial charge in [0, 0.05) is 28.4 Å². The molecule has 0 radical (unpaired) electrons. The average Bonchev–Trinajstić information content (AvgIpc) is 2.45. The standard InChI is InChI=1S/C15H15ClN4O/c16-12-3-1-2-10(6-12)15(21)20-8-11-5-4-9(14(18)19)7-13(11)17/h1-7H,8,17H2,(H3,18,19)(H,20,21). The summed E-state index contributed by atoms with van der Waals surface area (Å²) >= 11 is 5.85. The highest BCUT2D eigenvalue weighted by Gasteiger charge is 2.08. The number of amides is 1. The first-order valence-corrected chi connectivity index (χ1v) is 6.61. The van der Waals surface area contributed by atoms with Gasteiger partial charge < -0.3 is 16.8 Å². The lowest BCUT2D eigenvalue weighted by molar-refractivity contribution is 0.0951. The average molecular weight is 303 g/mol. The summed E-state index contributed by atoms with van der Waals surface area (Å²) in [5.74, 6) is -0.274. The third-order valence-corrected chi connectivity index (χ3v) is 3.22. The molecule has 0 aliphatic rings. The Morgan fingerprint density at radius 1 is 1.19 bits per heavy atom. The van der Waals surface area contributed by atoms with Crippen LogP contribution in [0.2, 0.25) is 5.02 Å². The number of hydrogen-bond acceptors (Lipinski definition) is 3. The second-order valence-corrected chi connectivity index (χ2v) is 4.96. The Morgan fingerprint density at radius 2 is 1.95 bits per heavy atom. The Kier molecular flexibility index (Phi) is 4.45.